The maximum absolute atomic E-state index is 11.9. The van der Waals surface area contributed by atoms with Crippen molar-refractivity contribution in [2.24, 2.45) is 0 Å². The van der Waals surface area contributed by atoms with Gasteiger partial charge in [-0.1, -0.05) is 0 Å². The van der Waals surface area contributed by atoms with Gasteiger partial charge in [0.05, 0.1) is 6.26 Å². The molecule has 2 unspecified atom stereocenters. The van der Waals surface area contributed by atoms with Gasteiger partial charge in [0, 0.05) is 12.7 Å². The van der Waals surface area contributed by atoms with E-state index >= 15 is 0 Å². The van der Waals surface area contributed by atoms with E-state index in [1.165, 1.54) is 17.2 Å². The molecule has 1 aliphatic rings. The lowest BCUT2D eigenvalue weighted by atomic mass is 9.74. The summed E-state index contributed by atoms with van der Waals surface area (Å²) in [6, 6.07) is 1.83. The van der Waals surface area contributed by atoms with Crippen molar-refractivity contribution in [3.05, 3.63) is 35.4 Å². The van der Waals surface area contributed by atoms with Crippen molar-refractivity contribution in [1.29, 1.82) is 0 Å². The quantitative estimate of drug-likeness (QED) is 0.855. The zero-order chi connectivity index (χ0) is 14.4. The zero-order valence-corrected chi connectivity index (χ0v) is 10.9. The van der Waals surface area contributed by atoms with Crippen LogP contribution in [-0.2, 0) is 15.0 Å². The fourth-order valence-electron chi connectivity index (χ4n) is 2.80. The van der Waals surface area contributed by atoms with Crippen LogP contribution >= 0.6 is 0 Å². The molecule has 0 saturated carbocycles. The molecular formula is C13H15NO5. The lowest BCUT2D eigenvalue weighted by Crippen LogP contribution is -2.53. The molecule has 0 spiro atoms. The van der Waals surface area contributed by atoms with E-state index in [0.29, 0.717) is 11.3 Å². The van der Waals surface area contributed by atoms with Crippen LogP contribution in [0.2, 0.25) is 0 Å². The summed E-state index contributed by atoms with van der Waals surface area (Å²) in [6.45, 7) is 3.34. The van der Waals surface area contributed by atoms with Gasteiger partial charge >= 0.3 is 11.9 Å². The van der Waals surface area contributed by atoms with Crippen LogP contribution in [0.15, 0.2) is 34.1 Å². The first-order valence-electron chi connectivity index (χ1n) is 5.76. The highest BCUT2D eigenvalue weighted by atomic mass is 16.4. The van der Waals surface area contributed by atoms with Crippen LogP contribution in [0.5, 0.6) is 0 Å². The van der Waals surface area contributed by atoms with Gasteiger partial charge in [-0.3, -0.25) is 4.79 Å². The van der Waals surface area contributed by atoms with E-state index < -0.39 is 23.4 Å². The number of carboxylic acid groups (broad SMARTS) is 2. The summed E-state index contributed by atoms with van der Waals surface area (Å²) in [5.74, 6) is -2.29. The van der Waals surface area contributed by atoms with Gasteiger partial charge in [-0.15, -0.1) is 0 Å². The van der Waals surface area contributed by atoms with E-state index in [0.717, 1.165) is 0 Å². The summed E-state index contributed by atoms with van der Waals surface area (Å²) >= 11 is 0. The number of hydrogen-bond donors (Lipinski definition) is 2. The lowest BCUT2D eigenvalue weighted by molar-refractivity contribution is -0.154. The highest BCUT2D eigenvalue weighted by molar-refractivity contribution is 5.95. The first kappa shape index (κ1) is 13.2. The van der Waals surface area contributed by atoms with Gasteiger partial charge in [0.25, 0.3) is 0 Å². The van der Waals surface area contributed by atoms with Crippen molar-refractivity contribution in [2.75, 3.05) is 7.05 Å². The number of hydrogen-bond acceptors (Lipinski definition) is 4. The summed E-state index contributed by atoms with van der Waals surface area (Å²) in [5.41, 5.74) is -0.579. The molecular weight excluding hydrogens is 250 g/mol. The molecule has 19 heavy (non-hydrogen) atoms. The van der Waals surface area contributed by atoms with E-state index in [2.05, 4.69) is 0 Å². The average molecular weight is 265 g/mol. The number of nitrogens with zero attached hydrogens (tertiary/aromatic N) is 1. The molecule has 0 amide bonds. The number of likely N-dealkylation sites (N-methyl/N-ethyl adjacent to an activating group) is 1. The minimum absolute atomic E-state index is 0.133. The predicted octanol–water partition coefficient (Wildman–Crippen LogP) is 1.29. The Balaban J connectivity index is 2.77. The topological polar surface area (TPSA) is 91.0 Å². The largest absolute Gasteiger partial charge is 0.480 e. The number of rotatable bonds is 3. The molecule has 0 fully saturated rings. The Hall–Kier alpha value is -2.24. The molecule has 1 aromatic rings. The van der Waals surface area contributed by atoms with Crippen LogP contribution in [0.25, 0.3) is 0 Å². The third kappa shape index (κ3) is 1.49. The standard InChI is InChI=1S/C13H15NO5/c1-7-8(2)14(3)10(11(15)16)13(7,12(17)18)9-5-4-6-19-9/h4-6,10H,1-3H3,(H,15,16)(H,17,18). The van der Waals surface area contributed by atoms with Crippen molar-refractivity contribution in [2.45, 2.75) is 25.3 Å². The number of carbonyl (C=O) groups is 2. The van der Waals surface area contributed by atoms with Crippen LogP contribution in [0.1, 0.15) is 19.6 Å². The number of furan rings is 1. The van der Waals surface area contributed by atoms with Crippen LogP contribution < -0.4 is 0 Å². The summed E-state index contributed by atoms with van der Waals surface area (Å²) in [6.07, 6.45) is 1.35. The Labute approximate surface area is 109 Å². The maximum Gasteiger partial charge on any atom is 0.328 e. The Morgan fingerprint density at radius 3 is 2.42 bits per heavy atom. The van der Waals surface area contributed by atoms with Gasteiger partial charge in [0.1, 0.15) is 5.76 Å². The van der Waals surface area contributed by atoms with Gasteiger partial charge in [-0.25, -0.2) is 4.79 Å². The first-order chi connectivity index (χ1) is 8.85. The van der Waals surface area contributed by atoms with Crippen molar-refractivity contribution >= 4 is 11.9 Å². The summed E-state index contributed by atoms with van der Waals surface area (Å²) in [5, 5.41) is 19.1. The first-order valence-corrected chi connectivity index (χ1v) is 5.76. The minimum atomic E-state index is -1.69. The molecule has 0 saturated heterocycles. The molecule has 1 aliphatic heterocycles. The Morgan fingerprint density at radius 2 is 2.00 bits per heavy atom. The molecule has 0 bridgehead atoms. The number of aliphatic carboxylic acids is 2. The fourth-order valence-corrected chi connectivity index (χ4v) is 2.80. The van der Waals surface area contributed by atoms with Crippen molar-refractivity contribution in [3.63, 3.8) is 0 Å². The van der Waals surface area contributed by atoms with Crippen molar-refractivity contribution in [1.82, 2.24) is 4.90 Å². The summed E-state index contributed by atoms with van der Waals surface area (Å²) < 4.78 is 5.22. The second kappa shape index (κ2) is 4.15. The molecule has 6 nitrogen and oxygen atoms in total. The van der Waals surface area contributed by atoms with E-state index in [9.17, 15) is 19.8 Å². The van der Waals surface area contributed by atoms with E-state index in [1.807, 2.05) is 0 Å². The highest BCUT2D eigenvalue weighted by Crippen LogP contribution is 2.46. The van der Waals surface area contributed by atoms with Crippen molar-refractivity contribution in [3.8, 4) is 0 Å². The van der Waals surface area contributed by atoms with Crippen LogP contribution in [0.3, 0.4) is 0 Å². The van der Waals surface area contributed by atoms with Gasteiger partial charge in [-0.2, -0.15) is 0 Å². The number of allylic oxidation sites excluding steroid dienone is 1. The maximum atomic E-state index is 11.9. The molecule has 2 N–H and O–H groups in total. The summed E-state index contributed by atoms with van der Waals surface area (Å²) in [7, 11) is 1.57. The highest BCUT2D eigenvalue weighted by Gasteiger charge is 2.61. The predicted molar refractivity (Wildman–Crippen MR) is 65.6 cm³/mol. The molecule has 2 atom stereocenters. The Kier molecular flexibility index (Phi) is 2.88. The normalized spacial score (nSPS) is 26.9. The van der Waals surface area contributed by atoms with Crippen LogP contribution in [0, 0.1) is 0 Å². The molecule has 0 aliphatic carbocycles. The van der Waals surface area contributed by atoms with Gasteiger partial charge in [0.2, 0.25) is 0 Å². The molecule has 0 radical (unpaired) electrons. The van der Waals surface area contributed by atoms with E-state index in [4.69, 9.17) is 4.42 Å². The SMILES string of the molecule is CC1=C(C)C(C(=O)O)(c2ccco2)C(C(=O)O)N1C. The Bertz CT molecular complexity index is 560. The monoisotopic (exact) mass is 265 g/mol. The van der Waals surface area contributed by atoms with Crippen molar-refractivity contribution < 1.29 is 24.2 Å². The molecule has 1 aromatic heterocycles. The third-order valence-corrected chi connectivity index (χ3v) is 3.94. The van der Waals surface area contributed by atoms with E-state index in [1.54, 1.807) is 27.0 Å². The molecule has 2 rings (SSSR count). The Morgan fingerprint density at radius 1 is 1.37 bits per heavy atom. The minimum Gasteiger partial charge on any atom is -0.480 e. The fraction of sp³-hybridized carbons (Fsp3) is 0.385. The van der Waals surface area contributed by atoms with Gasteiger partial charge in [-0.05, 0) is 31.6 Å². The smallest absolute Gasteiger partial charge is 0.328 e. The van der Waals surface area contributed by atoms with Crippen LogP contribution in [-0.4, -0.2) is 40.1 Å². The van der Waals surface area contributed by atoms with Crippen LogP contribution in [0.4, 0.5) is 0 Å². The molecule has 0 aromatic carbocycles. The van der Waals surface area contributed by atoms with Gasteiger partial charge in [0.15, 0.2) is 11.5 Å². The lowest BCUT2D eigenvalue weighted by Gasteiger charge is -2.31. The second-order valence-electron chi connectivity index (χ2n) is 4.65. The third-order valence-electron chi connectivity index (χ3n) is 3.94. The van der Waals surface area contributed by atoms with E-state index in [-0.39, 0.29) is 5.76 Å². The summed E-state index contributed by atoms with van der Waals surface area (Å²) in [4.78, 5) is 24.9. The number of carboxylic acids is 2. The van der Waals surface area contributed by atoms with Gasteiger partial charge < -0.3 is 19.5 Å². The average Bonchev–Trinajstić information content (AvgIpc) is 2.91. The molecule has 2 heterocycles. The zero-order valence-electron chi connectivity index (χ0n) is 10.9. The second-order valence-corrected chi connectivity index (χ2v) is 4.65. The molecule has 6 heteroatoms. The molecule has 102 valence electrons.